The highest BCUT2D eigenvalue weighted by molar-refractivity contribution is 5.92. The molecular formula is C18H23N5O. The van der Waals surface area contributed by atoms with Crippen LogP contribution in [0, 0.1) is 12.8 Å². The summed E-state index contributed by atoms with van der Waals surface area (Å²) < 4.78 is 0. The number of nitrogen functional groups attached to an aromatic ring is 1. The molecule has 0 aromatic carbocycles. The zero-order valence-corrected chi connectivity index (χ0v) is 13.9. The van der Waals surface area contributed by atoms with Crippen LogP contribution in [-0.4, -0.2) is 33.9 Å². The standard InChI is InChI=1S/C18H23N5O/c1-13-4-2-7-21-17(13)22-18(24)15-5-3-9-23(12-15)11-14-6-8-20-16(19)10-14/h2,4,6-8,10,15H,3,5,9,11-12H2,1H3,(H2,19,20)(H,21,22,24). The van der Waals surface area contributed by atoms with Gasteiger partial charge in [-0.1, -0.05) is 6.07 Å². The van der Waals surface area contributed by atoms with Crippen molar-refractivity contribution < 1.29 is 4.79 Å². The van der Waals surface area contributed by atoms with Crippen molar-refractivity contribution in [2.45, 2.75) is 26.3 Å². The first-order valence-electron chi connectivity index (χ1n) is 8.27. The number of hydrogen-bond acceptors (Lipinski definition) is 5. The number of nitrogens with zero attached hydrogens (tertiary/aromatic N) is 3. The van der Waals surface area contributed by atoms with Gasteiger partial charge in [0.05, 0.1) is 5.92 Å². The lowest BCUT2D eigenvalue weighted by Crippen LogP contribution is -2.40. The Morgan fingerprint density at radius 1 is 1.38 bits per heavy atom. The van der Waals surface area contributed by atoms with Gasteiger partial charge in [0.2, 0.25) is 5.91 Å². The van der Waals surface area contributed by atoms with E-state index in [1.165, 1.54) is 0 Å². The summed E-state index contributed by atoms with van der Waals surface area (Å²) in [5.41, 5.74) is 7.85. The zero-order valence-electron chi connectivity index (χ0n) is 13.9. The third-order valence-electron chi connectivity index (χ3n) is 4.38. The number of anilines is 2. The van der Waals surface area contributed by atoms with Gasteiger partial charge in [0.25, 0.3) is 0 Å². The van der Waals surface area contributed by atoms with E-state index < -0.39 is 0 Å². The van der Waals surface area contributed by atoms with Crippen molar-refractivity contribution in [3.05, 3.63) is 47.8 Å². The number of aromatic nitrogens is 2. The van der Waals surface area contributed by atoms with Gasteiger partial charge in [-0.2, -0.15) is 0 Å². The molecule has 126 valence electrons. The number of carbonyl (C=O) groups is 1. The number of hydrogen-bond donors (Lipinski definition) is 2. The van der Waals surface area contributed by atoms with Gasteiger partial charge >= 0.3 is 0 Å². The number of pyridine rings is 2. The second-order valence-corrected chi connectivity index (χ2v) is 6.32. The topological polar surface area (TPSA) is 84.1 Å². The summed E-state index contributed by atoms with van der Waals surface area (Å²) in [5, 5.41) is 2.97. The molecule has 0 bridgehead atoms. The highest BCUT2D eigenvalue weighted by Crippen LogP contribution is 2.21. The maximum absolute atomic E-state index is 12.6. The van der Waals surface area contributed by atoms with Crippen LogP contribution >= 0.6 is 0 Å². The molecule has 0 saturated carbocycles. The van der Waals surface area contributed by atoms with Crippen molar-refractivity contribution in [3.63, 3.8) is 0 Å². The number of aryl methyl sites for hydroxylation is 1. The molecule has 1 saturated heterocycles. The van der Waals surface area contributed by atoms with Crippen LogP contribution < -0.4 is 11.1 Å². The lowest BCUT2D eigenvalue weighted by Gasteiger charge is -2.32. The first-order valence-corrected chi connectivity index (χ1v) is 8.27. The summed E-state index contributed by atoms with van der Waals surface area (Å²) in [5.74, 6) is 1.22. The van der Waals surface area contributed by atoms with E-state index in [-0.39, 0.29) is 11.8 Å². The highest BCUT2D eigenvalue weighted by Gasteiger charge is 2.26. The summed E-state index contributed by atoms with van der Waals surface area (Å²) in [4.78, 5) is 23.1. The van der Waals surface area contributed by atoms with Gasteiger partial charge in [-0.25, -0.2) is 9.97 Å². The first kappa shape index (κ1) is 16.4. The summed E-state index contributed by atoms with van der Waals surface area (Å²) in [6, 6.07) is 7.68. The molecule has 3 heterocycles. The Hall–Kier alpha value is -2.47. The van der Waals surface area contributed by atoms with Crippen molar-refractivity contribution >= 4 is 17.5 Å². The molecule has 2 aromatic rings. The average molecular weight is 325 g/mol. The number of nitrogens with one attached hydrogen (secondary N) is 1. The quantitative estimate of drug-likeness (QED) is 0.900. The van der Waals surface area contributed by atoms with Crippen molar-refractivity contribution in [2.75, 3.05) is 24.1 Å². The van der Waals surface area contributed by atoms with Crippen LogP contribution in [0.3, 0.4) is 0 Å². The number of amides is 1. The highest BCUT2D eigenvalue weighted by atomic mass is 16.2. The monoisotopic (exact) mass is 325 g/mol. The molecule has 1 aliphatic rings. The minimum Gasteiger partial charge on any atom is -0.384 e. The lowest BCUT2D eigenvalue weighted by molar-refractivity contribution is -0.121. The van der Waals surface area contributed by atoms with Gasteiger partial charge in [-0.3, -0.25) is 9.69 Å². The average Bonchev–Trinajstić information content (AvgIpc) is 2.57. The van der Waals surface area contributed by atoms with E-state index in [1.807, 2.05) is 31.2 Å². The van der Waals surface area contributed by atoms with E-state index in [9.17, 15) is 4.79 Å². The Bertz CT molecular complexity index is 718. The van der Waals surface area contributed by atoms with Crippen molar-refractivity contribution in [3.8, 4) is 0 Å². The SMILES string of the molecule is Cc1cccnc1NC(=O)C1CCCN(Cc2ccnc(N)c2)C1. The Kier molecular flexibility index (Phi) is 5.05. The molecule has 1 unspecified atom stereocenters. The fourth-order valence-corrected chi connectivity index (χ4v) is 3.10. The van der Waals surface area contributed by atoms with E-state index in [0.29, 0.717) is 11.6 Å². The number of rotatable bonds is 4. The first-order chi connectivity index (χ1) is 11.6. The number of nitrogens with two attached hydrogens (primary N) is 1. The fourth-order valence-electron chi connectivity index (χ4n) is 3.10. The molecule has 6 heteroatoms. The van der Waals surface area contributed by atoms with E-state index in [1.54, 1.807) is 12.4 Å². The molecule has 1 aliphatic heterocycles. The third kappa shape index (κ3) is 4.08. The van der Waals surface area contributed by atoms with Crippen LogP contribution in [0.2, 0.25) is 0 Å². The van der Waals surface area contributed by atoms with Gasteiger partial charge in [-0.05, 0) is 55.6 Å². The van der Waals surface area contributed by atoms with Gasteiger partial charge in [0, 0.05) is 25.5 Å². The van der Waals surface area contributed by atoms with Crippen LogP contribution in [0.5, 0.6) is 0 Å². The van der Waals surface area contributed by atoms with E-state index in [4.69, 9.17) is 5.73 Å². The minimum absolute atomic E-state index is 0.0145. The largest absolute Gasteiger partial charge is 0.384 e. The van der Waals surface area contributed by atoms with Gasteiger partial charge in [0.15, 0.2) is 0 Å². The Labute approximate surface area is 142 Å². The van der Waals surface area contributed by atoms with Crippen LogP contribution in [-0.2, 0) is 11.3 Å². The predicted molar refractivity (Wildman–Crippen MR) is 94.3 cm³/mol. The Balaban J connectivity index is 1.60. The second-order valence-electron chi connectivity index (χ2n) is 6.32. The molecular weight excluding hydrogens is 302 g/mol. The summed E-state index contributed by atoms with van der Waals surface area (Å²) in [6.07, 6.45) is 5.35. The molecule has 1 fully saturated rings. The molecule has 0 radical (unpaired) electrons. The Morgan fingerprint density at radius 3 is 3.04 bits per heavy atom. The molecule has 24 heavy (non-hydrogen) atoms. The fraction of sp³-hybridized carbons (Fsp3) is 0.389. The third-order valence-corrected chi connectivity index (χ3v) is 4.38. The predicted octanol–water partition coefficient (Wildman–Crippen LogP) is 2.22. The van der Waals surface area contributed by atoms with Gasteiger partial charge < -0.3 is 11.1 Å². The maximum Gasteiger partial charge on any atom is 0.229 e. The zero-order chi connectivity index (χ0) is 16.9. The number of piperidine rings is 1. The molecule has 6 nitrogen and oxygen atoms in total. The molecule has 1 amide bonds. The van der Waals surface area contributed by atoms with Crippen LogP contribution in [0.15, 0.2) is 36.7 Å². The van der Waals surface area contributed by atoms with Gasteiger partial charge in [-0.15, -0.1) is 0 Å². The summed E-state index contributed by atoms with van der Waals surface area (Å²) in [7, 11) is 0. The van der Waals surface area contributed by atoms with Crippen molar-refractivity contribution in [1.29, 1.82) is 0 Å². The van der Waals surface area contributed by atoms with Gasteiger partial charge in [0.1, 0.15) is 11.6 Å². The summed E-state index contributed by atoms with van der Waals surface area (Å²) >= 11 is 0. The minimum atomic E-state index is -0.0145. The second kappa shape index (κ2) is 7.40. The van der Waals surface area contributed by atoms with E-state index in [2.05, 4.69) is 20.2 Å². The number of likely N-dealkylation sites (tertiary alicyclic amines) is 1. The van der Waals surface area contributed by atoms with Crippen LogP contribution in [0.25, 0.3) is 0 Å². The van der Waals surface area contributed by atoms with E-state index >= 15 is 0 Å². The maximum atomic E-state index is 12.6. The van der Waals surface area contributed by atoms with Crippen LogP contribution in [0.4, 0.5) is 11.6 Å². The summed E-state index contributed by atoms with van der Waals surface area (Å²) in [6.45, 7) is 4.48. The van der Waals surface area contributed by atoms with Crippen LogP contribution in [0.1, 0.15) is 24.0 Å². The molecule has 0 aliphatic carbocycles. The molecule has 3 N–H and O–H groups in total. The number of carbonyl (C=O) groups excluding carboxylic acids is 1. The smallest absolute Gasteiger partial charge is 0.229 e. The Morgan fingerprint density at radius 2 is 2.25 bits per heavy atom. The van der Waals surface area contributed by atoms with Crippen molar-refractivity contribution in [1.82, 2.24) is 14.9 Å². The molecule has 2 aromatic heterocycles. The molecule has 0 spiro atoms. The van der Waals surface area contributed by atoms with Crippen molar-refractivity contribution in [2.24, 2.45) is 5.92 Å². The molecule has 3 rings (SSSR count). The lowest BCUT2D eigenvalue weighted by atomic mass is 9.96. The molecule has 1 atom stereocenters. The normalized spacial score (nSPS) is 18.3. The van der Waals surface area contributed by atoms with E-state index in [0.717, 1.165) is 43.6 Å².